The van der Waals surface area contributed by atoms with Gasteiger partial charge >= 0.3 is 11.9 Å². The number of aliphatic hydroxyl groups is 4. The molecule has 0 heterocycles. The van der Waals surface area contributed by atoms with Gasteiger partial charge < -0.3 is 25.2 Å². The van der Waals surface area contributed by atoms with Gasteiger partial charge in [0, 0.05) is 12.2 Å². The van der Waals surface area contributed by atoms with Crippen LogP contribution in [0.3, 0.4) is 0 Å². The first-order chi connectivity index (χ1) is 8.44. The van der Waals surface area contributed by atoms with Crippen molar-refractivity contribution in [2.45, 2.75) is 0 Å². The Hall–Kier alpha value is -1.54. The van der Waals surface area contributed by atoms with Crippen LogP contribution in [0.1, 0.15) is 0 Å². The minimum Gasteiger partial charge on any atom is -0.396 e. The predicted octanol–water partition coefficient (Wildman–Crippen LogP) is -1.63. The topological polar surface area (TPSA) is 124 Å². The van der Waals surface area contributed by atoms with Gasteiger partial charge in [0.15, 0.2) is 0 Å². The normalized spacial score (nSPS) is 9.78. The highest BCUT2D eigenvalue weighted by Gasteiger charge is 2.26. The number of ether oxygens (including phenoxy) is 1. The number of hydrogen-bond donors (Lipinski definition) is 4. The lowest BCUT2D eigenvalue weighted by atomic mass is 9.93. The van der Waals surface area contributed by atoms with Crippen LogP contribution in [0.4, 0.5) is 0 Å². The fraction of sp³-hybridized carbons (Fsp3) is 0.455. The van der Waals surface area contributed by atoms with Crippen LogP contribution in [0.5, 0.6) is 0 Å². The van der Waals surface area contributed by atoms with Crippen LogP contribution >= 0.6 is 0 Å². The van der Waals surface area contributed by atoms with Gasteiger partial charge in [0.05, 0.1) is 31.8 Å². The number of carbonyl (C=O) groups excluding carboxylic acids is 2. The van der Waals surface area contributed by atoms with Gasteiger partial charge in [-0.05, 0) is 0 Å². The Morgan fingerprint density at radius 3 is 1.28 bits per heavy atom. The molecule has 0 aromatic carbocycles. The maximum atomic E-state index is 10.2. The summed E-state index contributed by atoms with van der Waals surface area (Å²) in [4.78, 5) is 20.3. The average molecular weight is 262 g/mol. The first kappa shape index (κ1) is 18.8. The SMILES string of the molecule is C=CC(=O)OC(=O)C=C.OCC(CO)(CO)CO. The molecule has 0 rings (SSSR count). The van der Waals surface area contributed by atoms with E-state index in [0.717, 1.165) is 12.2 Å². The second-order valence-electron chi connectivity index (χ2n) is 3.28. The number of hydrogen-bond acceptors (Lipinski definition) is 7. The van der Waals surface area contributed by atoms with Gasteiger partial charge in [-0.2, -0.15) is 0 Å². The number of esters is 2. The molecule has 0 atom stereocenters. The van der Waals surface area contributed by atoms with Gasteiger partial charge in [-0.3, -0.25) is 0 Å². The molecule has 0 saturated heterocycles. The summed E-state index contributed by atoms with van der Waals surface area (Å²) in [5, 5.41) is 34.0. The maximum Gasteiger partial charge on any atom is 0.338 e. The first-order valence-electron chi connectivity index (χ1n) is 4.89. The van der Waals surface area contributed by atoms with E-state index < -0.39 is 43.8 Å². The van der Waals surface area contributed by atoms with Gasteiger partial charge in [0.25, 0.3) is 0 Å². The molecule has 104 valence electrons. The second kappa shape index (κ2) is 10.6. The molecule has 0 spiro atoms. The lowest BCUT2D eigenvalue weighted by Gasteiger charge is -2.23. The van der Waals surface area contributed by atoms with Crippen LogP contribution in [0.25, 0.3) is 0 Å². The molecule has 0 aromatic heterocycles. The van der Waals surface area contributed by atoms with E-state index in [2.05, 4.69) is 17.9 Å². The van der Waals surface area contributed by atoms with E-state index in [4.69, 9.17) is 20.4 Å². The van der Waals surface area contributed by atoms with Crippen LogP contribution in [-0.2, 0) is 14.3 Å². The molecule has 18 heavy (non-hydrogen) atoms. The van der Waals surface area contributed by atoms with Gasteiger partial charge in [-0.15, -0.1) is 0 Å². The summed E-state index contributed by atoms with van der Waals surface area (Å²) in [7, 11) is 0. The Bertz CT molecular complexity index is 246. The van der Waals surface area contributed by atoms with E-state index in [1.165, 1.54) is 0 Å². The van der Waals surface area contributed by atoms with E-state index in [1.54, 1.807) is 0 Å². The van der Waals surface area contributed by atoms with Crippen LogP contribution in [0.15, 0.2) is 25.3 Å². The molecule has 0 saturated carbocycles. The molecular weight excluding hydrogens is 244 g/mol. The summed E-state index contributed by atoms with van der Waals surface area (Å²) in [5.41, 5.74) is -1.11. The van der Waals surface area contributed by atoms with E-state index in [1.807, 2.05) is 0 Å². The molecule has 0 fully saturated rings. The highest BCUT2D eigenvalue weighted by molar-refractivity contribution is 5.95. The highest BCUT2D eigenvalue weighted by Crippen LogP contribution is 2.11. The zero-order valence-electron chi connectivity index (χ0n) is 9.91. The van der Waals surface area contributed by atoms with E-state index in [-0.39, 0.29) is 0 Å². The van der Waals surface area contributed by atoms with Crippen molar-refractivity contribution in [3.63, 3.8) is 0 Å². The molecule has 0 aliphatic heterocycles. The van der Waals surface area contributed by atoms with Crippen LogP contribution in [0, 0.1) is 5.41 Å². The highest BCUT2D eigenvalue weighted by atomic mass is 16.6. The Morgan fingerprint density at radius 1 is 0.889 bits per heavy atom. The van der Waals surface area contributed by atoms with Crippen LogP contribution in [0.2, 0.25) is 0 Å². The Balaban J connectivity index is 0. The molecule has 0 aliphatic carbocycles. The largest absolute Gasteiger partial charge is 0.396 e. The lowest BCUT2D eigenvalue weighted by molar-refractivity contribution is -0.152. The molecule has 0 radical (unpaired) electrons. The molecule has 0 unspecified atom stereocenters. The number of rotatable bonds is 6. The quantitative estimate of drug-likeness (QED) is 0.257. The lowest BCUT2D eigenvalue weighted by Crippen LogP contribution is -2.37. The van der Waals surface area contributed by atoms with Crippen molar-refractivity contribution >= 4 is 11.9 Å². The third-order valence-electron chi connectivity index (χ3n) is 1.88. The van der Waals surface area contributed by atoms with Crippen LogP contribution < -0.4 is 0 Å². The Labute approximate surface area is 105 Å². The fourth-order valence-electron chi connectivity index (χ4n) is 0.482. The minimum absolute atomic E-state index is 0.406. The maximum absolute atomic E-state index is 10.2. The minimum atomic E-state index is -1.11. The summed E-state index contributed by atoms with van der Waals surface area (Å²) >= 11 is 0. The molecular formula is C11H18O7. The van der Waals surface area contributed by atoms with E-state index >= 15 is 0 Å². The van der Waals surface area contributed by atoms with Gasteiger partial charge in [0.1, 0.15) is 0 Å². The van der Waals surface area contributed by atoms with Crippen molar-refractivity contribution in [1.82, 2.24) is 0 Å². The van der Waals surface area contributed by atoms with Crippen molar-refractivity contribution in [2.75, 3.05) is 26.4 Å². The fourth-order valence-corrected chi connectivity index (χ4v) is 0.482. The van der Waals surface area contributed by atoms with Gasteiger partial charge in [-0.25, -0.2) is 9.59 Å². The molecule has 0 aromatic rings. The Morgan fingerprint density at radius 2 is 1.17 bits per heavy atom. The summed E-state index contributed by atoms with van der Waals surface area (Å²) in [5.74, 6) is -1.53. The van der Waals surface area contributed by atoms with Crippen molar-refractivity contribution in [3.05, 3.63) is 25.3 Å². The first-order valence-corrected chi connectivity index (χ1v) is 4.89. The molecule has 0 bridgehead atoms. The standard InChI is InChI=1S/C6H6O3.C5H12O4/c1-3-5(7)9-6(8)4-2;6-1-5(2-7,3-8)4-9/h3-4H,1-2H2;6-9H,1-4H2. The average Bonchev–Trinajstić information content (AvgIpc) is 2.42. The molecule has 7 heteroatoms. The zero-order valence-corrected chi connectivity index (χ0v) is 9.91. The van der Waals surface area contributed by atoms with Crippen molar-refractivity contribution in [1.29, 1.82) is 0 Å². The number of carbonyl (C=O) groups is 2. The van der Waals surface area contributed by atoms with E-state index in [0.29, 0.717) is 0 Å². The summed E-state index contributed by atoms with van der Waals surface area (Å²) in [6.45, 7) is 4.55. The second-order valence-corrected chi connectivity index (χ2v) is 3.28. The molecule has 0 amide bonds. The third-order valence-corrected chi connectivity index (χ3v) is 1.88. The summed E-state index contributed by atoms with van der Waals surface area (Å²) in [6, 6.07) is 0. The summed E-state index contributed by atoms with van der Waals surface area (Å²) < 4.78 is 4.03. The van der Waals surface area contributed by atoms with E-state index in [9.17, 15) is 9.59 Å². The molecule has 4 N–H and O–H groups in total. The Kier molecular flexibility index (Phi) is 11.1. The smallest absolute Gasteiger partial charge is 0.338 e. The van der Waals surface area contributed by atoms with Gasteiger partial charge in [0.2, 0.25) is 0 Å². The van der Waals surface area contributed by atoms with Gasteiger partial charge in [-0.1, -0.05) is 13.2 Å². The van der Waals surface area contributed by atoms with Crippen molar-refractivity contribution in [3.8, 4) is 0 Å². The van der Waals surface area contributed by atoms with Crippen LogP contribution in [-0.4, -0.2) is 58.8 Å². The zero-order chi connectivity index (χ0) is 14.6. The number of aliphatic hydroxyl groups excluding tert-OH is 4. The molecule has 0 aliphatic rings. The monoisotopic (exact) mass is 262 g/mol. The summed E-state index contributed by atoms with van der Waals surface area (Å²) in [6.07, 6.45) is 1.81. The molecule has 7 nitrogen and oxygen atoms in total. The third kappa shape index (κ3) is 7.69. The van der Waals surface area contributed by atoms with Crippen molar-refractivity contribution in [2.24, 2.45) is 5.41 Å². The predicted molar refractivity (Wildman–Crippen MR) is 62.3 cm³/mol. The van der Waals surface area contributed by atoms with Crippen molar-refractivity contribution < 1.29 is 34.8 Å².